The van der Waals surface area contributed by atoms with Crippen LogP contribution in [0.4, 0.5) is 0 Å². The molecule has 0 aliphatic heterocycles. The Balaban J connectivity index is 2.49. The Kier molecular flexibility index (Phi) is 5.98. The lowest BCUT2D eigenvalue weighted by Crippen LogP contribution is -2.34. The fraction of sp³-hybridized carbons (Fsp3) is 0.765. The molecule has 0 aromatic heterocycles. The third-order valence-corrected chi connectivity index (χ3v) is 4.11. The fourth-order valence-electron chi connectivity index (χ4n) is 2.88. The number of ether oxygens (including phenoxy) is 1. The van der Waals surface area contributed by atoms with Crippen molar-refractivity contribution in [2.45, 2.75) is 65.9 Å². The molecule has 1 rings (SSSR count). The van der Waals surface area contributed by atoms with Gasteiger partial charge in [0.05, 0.1) is 5.76 Å². The molecule has 1 aliphatic carbocycles. The normalized spacial score (nSPS) is 28.2. The van der Waals surface area contributed by atoms with Crippen LogP contribution < -0.4 is 0 Å². The van der Waals surface area contributed by atoms with Gasteiger partial charge < -0.3 is 4.74 Å². The lowest BCUT2D eigenvalue weighted by molar-refractivity contribution is -0.00370. The molecule has 1 heteroatoms. The van der Waals surface area contributed by atoms with E-state index in [1.54, 1.807) is 0 Å². The Morgan fingerprint density at radius 2 is 1.89 bits per heavy atom. The molecular weight excluding hydrogens is 220 g/mol. The highest BCUT2D eigenvalue weighted by atomic mass is 16.5. The van der Waals surface area contributed by atoms with Crippen molar-refractivity contribution in [2.24, 2.45) is 17.8 Å². The number of allylic oxidation sites excluding steroid dienone is 2. The summed E-state index contributed by atoms with van der Waals surface area (Å²) in [4.78, 5) is 0. The van der Waals surface area contributed by atoms with E-state index in [9.17, 15) is 0 Å². The first-order valence-corrected chi connectivity index (χ1v) is 7.39. The zero-order valence-electron chi connectivity index (χ0n) is 12.7. The SMILES string of the molecule is C=C(C)CCC(=C)O[C@@H]1C[C@H](C)CC[C@H]1C(C)C. The van der Waals surface area contributed by atoms with Gasteiger partial charge in [-0.1, -0.05) is 39.3 Å². The predicted molar refractivity (Wildman–Crippen MR) is 79.4 cm³/mol. The molecule has 0 amide bonds. The molecule has 0 N–H and O–H groups in total. The summed E-state index contributed by atoms with van der Waals surface area (Å²) >= 11 is 0. The van der Waals surface area contributed by atoms with Gasteiger partial charge in [-0.05, 0) is 43.9 Å². The third-order valence-electron chi connectivity index (χ3n) is 4.11. The van der Waals surface area contributed by atoms with E-state index in [0.29, 0.717) is 17.9 Å². The van der Waals surface area contributed by atoms with Crippen LogP contribution in [0.15, 0.2) is 24.5 Å². The molecule has 18 heavy (non-hydrogen) atoms. The monoisotopic (exact) mass is 250 g/mol. The zero-order valence-corrected chi connectivity index (χ0v) is 12.7. The van der Waals surface area contributed by atoms with Crippen LogP contribution in [0.3, 0.4) is 0 Å². The molecule has 1 aliphatic rings. The van der Waals surface area contributed by atoms with Crippen molar-refractivity contribution in [3.05, 3.63) is 24.5 Å². The van der Waals surface area contributed by atoms with Crippen LogP contribution in [-0.2, 0) is 4.74 Å². The minimum atomic E-state index is 0.381. The maximum absolute atomic E-state index is 6.15. The lowest BCUT2D eigenvalue weighted by atomic mass is 9.75. The molecule has 0 spiro atoms. The second kappa shape index (κ2) is 7.01. The molecule has 0 unspecified atom stereocenters. The Bertz CT molecular complexity index is 290. The summed E-state index contributed by atoms with van der Waals surface area (Å²) in [6.07, 6.45) is 6.14. The minimum Gasteiger partial charge on any atom is -0.495 e. The van der Waals surface area contributed by atoms with Gasteiger partial charge in [-0.25, -0.2) is 0 Å². The first-order valence-electron chi connectivity index (χ1n) is 7.39. The van der Waals surface area contributed by atoms with Crippen molar-refractivity contribution in [3.63, 3.8) is 0 Å². The Hall–Kier alpha value is -0.720. The second-order valence-corrected chi connectivity index (χ2v) is 6.48. The molecule has 104 valence electrons. The third kappa shape index (κ3) is 4.88. The highest BCUT2D eigenvalue weighted by Gasteiger charge is 2.32. The van der Waals surface area contributed by atoms with Crippen molar-refractivity contribution in [3.8, 4) is 0 Å². The quantitative estimate of drug-likeness (QED) is 0.457. The van der Waals surface area contributed by atoms with Crippen molar-refractivity contribution >= 4 is 0 Å². The molecule has 1 nitrogen and oxygen atoms in total. The second-order valence-electron chi connectivity index (χ2n) is 6.48. The average Bonchev–Trinajstić information content (AvgIpc) is 2.26. The maximum Gasteiger partial charge on any atom is 0.101 e. The van der Waals surface area contributed by atoms with Gasteiger partial charge in [-0.3, -0.25) is 0 Å². The molecule has 0 radical (unpaired) electrons. The smallest absolute Gasteiger partial charge is 0.101 e. The topological polar surface area (TPSA) is 9.23 Å². The van der Waals surface area contributed by atoms with Crippen LogP contribution >= 0.6 is 0 Å². The summed E-state index contributed by atoms with van der Waals surface area (Å²) < 4.78 is 6.15. The van der Waals surface area contributed by atoms with E-state index in [1.165, 1.54) is 24.8 Å². The van der Waals surface area contributed by atoms with Crippen LogP contribution in [0, 0.1) is 17.8 Å². The zero-order chi connectivity index (χ0) is 13.7. The van der Waals surface area contributed by atoms with Gasteiger partial charge in [0.2, 0.25) is 0 Å². The summed E-state index contributed by atoms with van der Waals surface area (Å²) in [5.41, 5.74) is 1.21. The van der Waals surface area contributed by atoms with Crippen LogP contribution in [0.25, 0.3) is 0 Å². The summed E-state index contributed by atoms with van der Waals surface area (Å²) in [5, 5.41) is 0. The molecule has 0 heterocycles. The van der Waals surface area contributed by atoms with E-state index in [-0.39, 0.29) is 0 Å². The van der Waals surface area contributed by atoms with Gasteiger partial charge in [0.15, 0.2) is 0 Å². The fourth-order valence-corrected chi connectivity index (χ4v) is 2.88. The molecule has 3 atom stereocenters. The van der Waals surface area contributed by atoms with Gasteiger partial charge in [0.25, 0.3) is 0 Å². The number of hydrogen-bond acceptors (Lipinski definition) is 1. The summed E-state index contributed by atoms with van der Waals surface area (Å²) in [6.45, 7) is 17.0. The minimum absolute atomic E-state index is 0.381. The molecular formula is C17H30O. The molecule has 0 aromatic carbocycles. The van der Waals surface area contributed by atoms with Gasteiger partial charge >= 0.3 is 0 Å². The van der Waals surface area contributed by atoms with Gasteiger partial charge in [-0.15, -0.1) is 6.58 Å². The van der Waals surface area contributed by atoms with Gasteiger partial charge in [-0.2, -0.15) is 0 Å². The standard InChI is InChI=1S/C17H30O/c1-12(2)7-9-15(6)18-17-11-14(5)8-10-16(17)13(3)4/h13-14,16-17H,1,6-11H2,2-5H3/t14-,16+,17-/m1/s1. The highest BCUT2D eigenvalue weighted by molar-refractivity contribution is 4.96. The summed E-state index contributed by atoms with van der Waals surface area (Å²) in [6, 6.07) is 0. The summed E-state index contributed by atoms with van der Waals surface area (Å²) in [7, 11) is 0. The van der Waals surface area contributed by atoms with Crippen LogP contribution in [0.5, 0.6) is 0 Å². The molecule has 0 bridgehead atoms. The van der Waals surface area contributed by atoms with E-state index in [4.69, 9.17) is 4.74 Å². The van der Waals surface area contributed by atoms with Crippen molar-refractivity contribution in [1.82, 2.24) is 0 Å². The largest absolute Gasteiger partial charge is 0.495 e. The van der Waals surface area contributed by atoms with Crippen molar-refractivity contribution < 1.29 is 4.74 Å². The van der Waals surface area contributed by atoms with E-state index >= 15 is 0 Å². The van der Waals surface area contributed by atoms with E-state index in [2.05, 4.69) is 40.9 Å². The predicted octanol–water partition coefficient (Wildman–Crippen LogP) is 5.33. The van der Waals surface area contributed by atoms with Crippen LogP contribution in [-0.4, -0.2) is 6.10 Å². The van der Waals surface area contributed by atoms with Crippen molar-refractivity contribution in [1.29, 1.82) is 0 Å². The highest BCUT2D eigenvalue weighted by Crippen LogP contribution is 2.36. The maximum atomic E-state index is 6.15. The van der Waals surface area contributed by atoms with Gasteiger partial charge in [0, 0.05) is 6.42 Å². The molecule has 0 aromatic rings. The Morgan fingerprint density at radius 1 is 1.22 bits per heavy atom. The lowest BCUT2D eigenvalue weighted by Gasteiger charge is -2.37. The number of rotatable bonds is 6. The van der Waals surface area contributed by atoms with E-state index < -0.39 is 0 Å². The van der Waals surface area contributed by atoms with Gasteiger partial charge in [0.1, 0.15) is 6.10 Å². The first-order chi connectivity index (χ1) is 8.40. The van der Waals surface area contributed by atoms with E-state index in [0.717, 1.165) is 24.5 Å². The molecule has 1 fully saturated rings. The van der Waals surface area contributed by atoms with E-state index in [1.807, 2.05) is 0 Å². The number of hydrogen-bond donors (Lipinski definition) is 0. The molecule has 0 saturated heterocycles. The van der Waals surface area contributed by atoms with Crippen LogP contribution in [0.2, 0.25) is 0 Å². The van der Waals surface area contributed by atoms with Crippen LogP contribution in [0.1, 0.15) is 59.8 Å². The van der Waals surface area contributed by atoms with Crippen molar-refractivity contribution in [2.75, 3.05) is 0 Å². The Morgan fingerprint density at radius 3 is 2.44 bits per heavy atom. The average molecular weight is 250 g/mol. The first kappa shape index (κ1) is 15.3. The summed E-state index contributed by atoms with van der Waals surface area (Å²) in [5.74, 6) is 3.14. The molecule has 1 saturated carbocycles. The Labute approximate surface area is 113 Å².